The second-order valence-corrected chi connectivity index (χ2v) is 4.43. The Kier molecular flexibility index (Phi) is 4.87. The van der Waals surface area contributed by atoms with Gasteiger partial charge in [0.05, 0.1) is 5.56 Å². The normalized spacial score (nSPS) is 9.82. The molecule has 6 nitrogen and oxygen atoms in total. The van der Waals surface area contributed by atoms with Crippen LogP contribution in [0.3, 0.4) is 0 Å². The first-order valence-electron chi connectivity index (χ1n) is 6.48. The lowest BCUT2D eigenvalue weighted by Crippen LogP contribution is -2.37. The van der Waals surface area contributed by atoms with Gasteiger partial charge in [-0.05, 0) is 23.3 Å². The molecule has 2 rings (SSSR count). The second kappa shape index (κ2) is 7.03. The number of esters is 1. The minimum atomic E-state index is -0.992. The zero-order chi connectivity index (χ0) is 15.9. The third kappa shape index (κ3) is 4.17. The monoisotopic (exact) mass is 298 g/mol. The first-order valence-corrected chi connectivity index (χ1v) is 6.48. The Morgan fingerprint density at radius 2 is 1.50 bits per heavy atom. The summed E-state index contributed by atoms with van der Waals surface area (Å²) < 4.78 is 4.78. The molecule has 0 aliphatic carbocycles. The van der Waals surface area contributed by atoms with Crippen molar-refractivity contribution in [2.45, 2.75) is 0 Å². The maximum atomic E-state index is 11.8. The number of carbonyl (C=O) groups is 3. The molecule has 0 aliphatic heterocycles. The first-order chi connectivity index (χ1) is 10.6. The van der Waals surface area contributed by atoms with Crippen molar-refractivity contribution in [2.75, 3.05) is 6.61 Å². The lowest BCUT2D eigenvalue weighted by Gasteiger charge is -2.06. The summed E-state index contributed by atoms with van der Waals surface area (Å²) in [5.41, 5.74) is 7.08. The number of primary amides is 1. The van der Waals surface area contributed by atoms with Crippen molar-refractivity contribution >= 4 is 17.9 Å². The van der Waals surface area contributed by atoms with Crippen LogP contribution in [-0.4, -0.2) is 24.5 Å². The van der Waals surface area contributed by atoms with Gasteiger partial charge in [0.1, 0.15) is 0 Å². The van der Waals surface area contributed by atoms with E-state index in [1.807, 2.05) is 30.3 Å². The number of nitrogens with one attached hydrogen (secondary N) is 1. The molecule has 0 heterocycles. The summed E-state index contributed by atoms with van der Waals surface area (Å²) >= 11 is 0. The summed E-state index contributed by atoms with van der Waals surface area (Å²) in [6.45, 7) is -0.567. The standard InChI is InChI=1S/C16H14N2O4/c17-16(21)18-14(19)10-22-15(20)13-8-6-12(7-9-13)11-4-2-1-3-5-11/h1-9H,10H2,(H3,17,18,19,21). The maximum Gasteiger partial charge on any atom is 0.338 e. The number of ether oxygens (including phenoxy) is 1. The molecule has 0 radical (unpaired) electrons. The summed E-state index contributed by atoms with van der Waals surface area (Å²) in [5.74, 6) is -1.43. The molecular weight excluding hydrogens is 284 g/mol. The van der Waals surface area contributed by atoms with Crippen LogP contribution in [0.15, 0.2) is 54.6 Å². The highest BCUT2D eigenvalue weighted by Crippen LogP contribution is 2.19. The predicted octanol–water partition coefficient (Wildman–Crippen LogP) is 1.71. The van der Waals surface area contributed by atoms with Gasteiger partial charge in [0.25, 0.3) is 5.91 Å². The fourth-order valence-corrected chi connectivity index (χ4v) is 1.82. The summed E-state index contributed by atoms with van der Waals surface area (Å²) in [7, 11) is 0. The Bertz CT molecular complexity index is 681. The van der Waals surface area contributed by atoms with Gasteiger partial charge in [-0.1, -0.05) is 42.5 Å². The summed E-state index contributed by atoms with van der Waals surface area (Å²) in [4.78, 5) is 33.3. The number of imide groups is 1. The Labute approximate surface area is 126 Å². The number of carbonyl (C=O) groups excluding carboxylic acids is 3. The van der Waals surface area contributed by atoms with Crippen LogP contribution < -0.4 is 11.1 Å². The van der Waals surface area contributed by atoms with E-state index in [0.717, 1.165) is 11.1 Å². The van der Waals surface area contributed by atoms with Gasteiger partial charge in [-0.2, -0.15) is 0 Å². The topological polar surface area (TPSA) is 98.5 Å². The van der Waals surface area contributed by atoms with E-state index in [1.54, 1.807) is 29.6 Å². The molecule has 0 unspecified atom stereocenters. The van der Waals surface area contributed by atoms with E-state index in [4.69, 9.17) is 10.5 Å². The molecule has 0 aliphatic rings. The highest BCUT2D eigenvalue weighted by Gasteiger charge is 2.11. The van der Waals surface area contributed by atoms with Crippen molar-refractivity contribution in [3.8, 4) is 11.1 Å². The van der Waals surface area contributed by atoms with Gasteiger partial charge in [-0.15, -0.1) is 0 Å². The molecule has 0 saturated heterocycles. The molecule has 0 fully saturated rings. The van der Waals surface area contributed by atoms with Crippen LogP contribution in [0.5, 0.6) is 0 Å². The van der Waals surface area contributed by atoms with Crippen LogP contribution >= 0.6 is 0 Å². The number of hydrogen-bond acceptors (Lipinski definition) is 4. The van der Waals surface area contributed by atoms with Gasteiger partial charge >= 0.3 is 12.0 Å². The molecular formula is C16H14N2O4. The molecule has 2 aromatic rings. The highest BCUT2D eigenvalue weighted by atomic mass is 16.5. The smallest absolute Gasteiger partial charge is 0.338 e. The lowest BCUT2D eigenvalue weighted by molar-refractivity contribution is -0.123. The molecule has 0 bridgehead atoms. The molecule has 0 aromatic heterocycles. The van der Waals surface area contributed by atoms with E-state index in [1.165, 1.54) is 0 Å². The maximum absolute atomic E-state index is 11.8. The third-order valence-electron chi connectivity index (χ3n) is 2.82. The zero-order valence-corrected chi connectivity index (χ0v) is 11.6. The molecule has 2 aromatic carbocycles. The van der Waals surface area contributed by atoms with Crippen molar-refractivity contribution < 1.29 is 19.1 Å². The van der Waals surface area contributed by atoms with Gasteiger partial charge in [-0.3, -0.25) is 10.1 Å². The van der Waals surface area contributed by atoms with Crippen molar-refractivity contribution in [1.29, 1.82) is 0 Å². The molecule has 0 saturated carbocycles. The number of amides is 3. The van der Waals surface area contributed by atoms with Crippen LogP contribution in [0.1, 0.15) is 10.4 Å². The average molecular weight is 298 g/mol. The van der Waals surface area contributed by atoms with Crippen molar-refractivity contribution in [1.82, 2.24) is 5.32 Å². The Morgan fingerprint density at radius 1 is 0.909 bits per heavy atom. The fraction of sp³-hybridized carbons (Fsp3) is 0.0625. The van der Waals surface area contributed by atoms with Crippen LogP contribution in [0.25, 0.3) is 11.1 Å². The van der Waals surface area contributed by atoms with Crippen LogP contribution in [0, 0.1) is 0 Å². The van der Waals surface area contributed by atoms with Gasteiger partial charge in [0, 0.05) is 0 Å². The predicted molar refractivity (Wildman–Crippen MR) is 79.9 cm³/mol. The number of nitrogens with two attached hydrogens (primary N) is 1. The van der Waals surface area contributed by atoms with Gasteiger partial charge in [-0.25, -0.2) is 9.59 Å². The Morgan fingerprint density at radius 3 is 2.09 bits per heavy atom. The van der Waals surface area contributed by atoms with Crippen molar-refractivity contribution in [2.24, 2.45) is 5.73 Å². The molecule has 3 amide bonds. The van der Waals surface area contributed by atoms with E-state index in [2.05, 4.69) is 0 Å². The number of rotatable bonds is 4. The molecule has 112 valence electrons. The van der Waals surface area contributed by atoms with E-state index in [0.29, 0.717) is 5.56 Å². The van der Waals surface area contributed by atoms with Crippen LogP contribution in [0.4, 0.5) is 4.79 Å². The average Bonchev–Trinajstić information content (AvgIpc) is 2.53. The first kappa shape index (κ1) is 15.2. The lowest BCUT2D eigenvalue weighted by atomic mass is 10.0. The van der Waals surface area contributed by atoms with Gasteiger partial charge in [0.15, 0.2) is 6.61 Å². The zero-order valence-electron chi connectivity index (χ0n) is 11.6. The molecule has 0 atom stereocenters. The van der Waals surface area contributed by atoms with Crippen molar-refractivity contribution in [3.63, 3.8) is 0 Å². The molecule has 0 spiro atoms. The summed E-state index contributed by atoms with van der Waals surface area (Å²) in [6, 6.07) is 15.5. The van der Waals surface area contributed by atoms with Crippen LogP contribution in [0.2, 0.25) is 0 Å². The quantitative estimate of drug-likeness (QED) is 0.839. The summed E-state index contributed by atoms with van der Waals surface area (Å²) in [5, 5.41) is 1.80. The Balaban J connectivity index is 1.97. The summed E-state index contributed by atoms with van der Waals surface area (Å²) in [6.07, 6.45) is 0. The SMILES string of the molecule is NC(=O)NC(=O)COC(=O)c1ccc(-c2ccccc2)cc1. The van der Waals surface area contributed by atoms with E-state index in [-0.39, 0.29) is 0 Å². The van der Waals surface area contributed by atoms with E-state index >= 15 is 0 Å². The number of hydrogen-bond donors (Lipinski definition) is 2. The minimum Gasteiger partial charge on any atom is -0.452 e. The van der Waals surface area contributed by atoms with E-state index in [9.17, 15) is 14.4 Å². The van der Waals surface area contributed by atoms with Crippen molar-refractivity contribution in [3.05, 3.63) is 60.2 Å². The van der Waals surface area contributed by atoms with E-state index < -0.39 is 24.5 Å². The Hall–Kier alpha value is -3.15. The second-order valence-electron chi connectivity index (χ2n) is 4.43. The van der Waals surface area contributed by atoms with Gasteiger partial charge in [0.2, 0.25) is 0 Å². The molecule has 22 heavy (non-hydrogen) atoms. The molecule has 6 heteroatoms. The van der Waals surface area contributed by atoms with Gasteiger partial charge < -0.3 is 10.5 Å². The van der Waals surface area contributed by atoms with Crippen LogP contribution in [-0.2, 0) is 9.53 Å². The minimum absolute atomic E-state index is 0.312. The molecule has 3 N–H and O–H groups in total. The highest BCUT2D eigenvalue weighted by molar-refractivity contribution is 5.96. The fourth-order valence-electron chi connectivity index (χ4n) is 1.82. The third-order valence-corrected chi connectivity index (χ3v) is 2.82. The largest absolute Gasteiger partial charge is 0.452 e. The number of urea groups is 1. The number of benzene rings is 2.